The topological polar surface area (TPSA) is 55.8 Å². The molecule has 4 rings (SSSR count). The van der Waals surface area contributed by atoms with Crippen LogP contribution < -0.4 is 9.47 Å². The Morgan fingerprint density at radius 1 is 1.00 bits per heavy atom. The number of benzene rings is 3. The SMILES string of the molecule is CC1CC1.CCCCC(C)(C)Cc1cc(COc2cccc(CCC(=O)O)c2)ccc1-c1cc(OC)ccc1F. The number of hydrogen-bond donors (Lipinski definition) is 1. The second-order valence-electron chi connectivity index (χ2n) is 11.8. The molecule has 0 radical (unpaired) electrons. The maximum atomic E-state index is 14.9. The molecule has 0 atom stereocenters. The molecular formula is C35H45FO4. The van der Waals surface area contributed by atoms with Crippen molar-refractivity contribution in [2.75, 3.05) is 7.11 Å². The number of rotatable bonds is 13. The Labute approximate surface area is 239 Å². The van der Waals surface area contributed by atoms with Crippen molar-refractivity contribution >= 4 is 5.97 Å². The van der Waals surface area contributed by atoms with Crippen molar-refractivity contribution in [3.8, 4) is 22.6 Å². The van der Waals surface area contributed by atoms with Crippen molar-refractivity contribution < 1.29 is 23.8 Å². The fourth-order valence-corrected chi connectivity index (χ4v) is 4.62. The monoisotopic (exact) mass is 548 g/mol. The summed E-state index contributed by atoms with van der Waals surface area (Å²) < 4.78 is 26.3. The van der Waals surface area contributed by atoms with E-state index in [1.165, 1.54) is 18.9 Å². The molecule has 0 spiro atoms. The van der Waals surface area contributed by atoms with Crippen LogP contribution in [0.15, 0.2) is 60.7 Å². The highest BCUT2D eigenvalue weighted by Gasteiger charge is 2.22. The molecule has 0 saturated heterocycles. The number of carbonyl (C=O) groups is 1. The third kappa shape index (κ3) is 10.3. The molecule has 4 nitrogen and oxygen atoms in total. The average molecular weight is 549 g/mol. The fraction of sp³-hybridized carbons (Fsp3) is 0.457. The van der Waals surface area contributed by atoms with Crippen molar-refractivity contribution in [3.63, 3.8) is 0 Å². The summed E-state index contributed by atoms with van der Waals surface area (Å²) in [6.45, 7) is 9.37. The molecule has 5 heteroatoms. The Morgan fingerprint density at radius 3 is 2.40 bits per heavy atom. The number of hydrogen-bond acceptors (Lipinski definition) is 3. The summed E-state index contributed by atoms with van der Waals surface area (Å²) in [4.78, 5) is 10.9. The van der Waals surface area contributed by atoms with E-state index >= 15 is 0 Å². The van der Waals surface area contributed by atoms with E-state index in [9.17, 15) is 9.18 Å². The number of aliphatic carboxylic acids is 1. The number of carboxylic acids is 1. The van der Waals surface area contributed by atoms with Crippen LogP contribution in [0.2, 0.25) is 0 Å². The van der Waals surface area contributed by atoms with Gasteiger partial charge in [-0.25, -0.2) is 4.39 Å². The molecule has 3 aromatic rings. The highest BCUT2D eigenvalue weighted by atomic mass is 19.1. The molecule has 0 amide bonds. The zero-order valence-corrected chi connectivity index (χ0v) is 24.8. The molecule has 1 N–H and O–H groups in total. The van der Waals surface area contributed by atoms with Gasteiger partial charge in [-0.15, -0.1) is 0 Å². The maximum absolute atomic E-state index is 14.9. The molecular weight excluding hydrogens is 503 g/mol. The lowest BCUT2D eigenvalue weighted by Gasteiger charge is -2.26. The largest absolute Gasteiger partial charge is 0.497 e. The number of ether oxygens (including phenoxy) is 2. The first kappa shape index (κ1) is 31.2. The number of carboxylic acid groups (broad SMARTS) is 1. The van der Waals surface area contributed by atoms with Gasteiger partial charge in [0.25, 0.3) is 0 Å². The highest BCUT2D eigenvalue weighted by molar-refractivity contribution is 5.70. The Hall–Kier alpha value is -3.34. The Balaban J connectivity index is 0.00000101. The third-order valence-corrected chi connectivity index (χ3v) is 7.31. The zero-order valence-electron chi connectivity index (χ0n) is 24.8. The van der Waals surface area contributed by atoms with Gasteiger partial charge in [0.05, 0.1) is 7.11 Å². The molecule has 216 valence electrons. The average Bonchev–Trinajstić information content (AvgIpc) is 3.72. The summed E-state index contributed by atoms with van der Waals surface area (Å²) in [7, 11) is 1.59. The van der Waals surface area contributed by atoms with Crippen molar-refractivity contribution in [2.45, 2.75) is 85.7 Å². The van der Waals surface area contributed by atoms with Crippen LogP contribution in [-0.4, -0.2) is 18.2 Å². The van der Waals surface area contributed by atoms with Gasteiger partial charge in [-0.2, -0.15) is 0 Å². The first-order chi connectivity index (χ1) is 19.1. The number of methoxy groups -OCH3 is 1. The lowest BCUT2D eigenvalue weighted by Crippen LogP contribution is -2.16. The van der Waals surface area contributed by atoms with Gasteiger partial charge in [-0.3, -0.25) is 4.79 Å². The second-order valence-corrected chi connectivity index (χ2v) is 11.8. The minimum Gasteiger partial charge on any atom is -0.497 e. The van der Waals surface area contributed by atoms with E-state index in [2.05, 4.69) is 33.8 Å². The van der Waals surface area contributed by atoms with E-state index in [1.807, 2.05) is 36.4 Å². The summed E-state index contributed by atoms with van der Waals surface area (Å²) in [5.74, 6) is 1.32. The molecule has 0 unspecified atom stereocenters. The van der Waals surface area contributed by atoms with E-state index in [4.69, 9.17) is 14.6 Å². The van der Waals surface area contributed by atoms with Gasteiger partial charge in [0.15, 0.2) is 0 Å². The van der Waals surface area contributed by atoms with E-state index in [0.29, 0.717) is 30.1 Å². The first-order valence-corrected chi connectivity index (χ1v) is 14.5. The van der Waals surface area contributed by atoms with Gasteiger partial charge in [-0.05, 0) is 83.2 Å². The van der Waals surface area contributed by atoms with Crippen LogP contribution in [-0.2, 0) is 24.2 Å². The van der Waals surface area contributed by atoms with Gasteiger partial charge in [0, 0.05) is 12.0 Å². The predicted molar refractivity (Wildman–Crippen MR) is 161 cm³/mol. The van der Waals surface area contributed by atoms with Crippen LogP contribution in [0.25, 0.3) is 11.1 Å². The van der Waals surface area contributed by atoms with E-state index in [-0.39, 0.29) is 17.7 Å². The molecule has 0 aliphatic heterocycles. The van der Waals surface area contributed by atoms with Crippen LogP contribution in [0.3, 0.4) is 0 Å². The lowest BCUT2D eigenvalue weighted by atomic mass is 9.79. The van der Waals surface area contributed by atoms with Crippen LogP contribution in [0.5, 0.6) is 11.5 Å². The molecule has 0 aromatic heterocycles. The summed E-state index contributed by atoms with van der Waals surface area (Å²) in [5.41, 5.74) is 4.48. The smallest absolute Gasteiger partial charge is 0.303 e. The third-order valence-electron chi connectivity index (χ3n) is 7.31. The molecule has 1 fully saturated rings. The van der Waals surface area contributed by atoms with Crippen molar-refractivity contribution in [2.24, 2.45) is 11.3 Å². The molecule has 1 aliphatic carbocycles. The predicted octanol–water partition coefficient (Wildman–Crippen LogP) is 9.27. The quantitative estimate of drug-likeness (QED) is 0.231. The Morgan fingerprint density at radius 2 is 1.75 bits per heavy atom. The number of unbranched alkanes of at least 4 members (excludes halogenated alkanes) is 1. The molecule has 3 aromatic carbocycles. The van der Waals surface area contributed by atoms with Crippen LogP contribution in [0.1, 0.15) is 82.9 Å². The van der Waals surface area contributed by atoms with Crippen LogP contribution in [0.4, 0.5) is 4.39 Å². The molecule has 0 bridgehead atoms. The molecule has 1 saturated carbocycles. The van der Waals surface area contributed by atoms with Gasteiger partial charge in [0.1, 0.15) is 23.9 Å². The normalized spacial score (nSPS) is 12.8. The first-order valence-electron chi connectivity index (χ1n) is 14.5. The molecule has 1 aliphatic rings. The van der Waals surface area contributed by atoms with Gasteiger partial charge >= 0.3 is 5.97 Å². The van der Waals surface area contributed by atoms with Crippen molar-refractivity contribution in [1.29, 1.82) is 0 Å². The lowest BCUT2D eigenvalue weighted by molar-refractivity contribution is -0.136. The molecule has 40 heavy (non-hydrogen) atoms. The van der Waals surface area contributed by atoms with E-state index in [1.54, 1.807) is 19.2 Å². The fourth-order valence-electron chi connectivity index (χ4n) is 4.62. The minimum absolute atomic E-state index is 0.0675. The van der Waals surface area contributed by atoms with Crippen molar-refractivity contribution in [1.82, 2.24) is 0 Å². The van der Waals surface area contributed by atoms with Gasteiger partial charge < -0.3 is 14.6 Å². The second kappa shape index (κ2) is 14.9. The summed E-state index contributed by atoms with van der Waals surface area (Å²) >= 11 is 0. The number of aryl methyl sites for hydroxylation is 1. The van der Waals surface area contributed by atoms with Gasteiger partial charge in [0.2, 0.25) is 0 Å². The van der Waals surface area contributed by atoms with E-state index < -0.39 is 5.97 Å². The summed E-state index contributed by atoms with van der Waals surface area (Å²) in [6, 6.07) is 18.5. The summed E-state index contributed by atoms with van der Waals surface area (Å²) in [6.07, 6.45) is 7.72. The van der Waals surface area contributed by atoms with Crippen LogP contribution >= 0.6 is 0 Å². The number of halogens is 1. The Kier molecular flexibility index (Phi) is 11.6. The van der Waals surface area contributed by atoms with Crippen molar-refractivity contribution in [3.05, 3.63) is 83.2 Å². The Bertz CT molecular complexity index is 1250. The maximum Gasteiger partial charge on any atom is 0.303 e. The van der Waals surface area contributed by atoms with Crippen LogP contribution in [0, 0.1) is 17.2 Å². The molecule has 0 heterocycles. The standard InChI is InChI=1S/C31H37FO4.C4H8/c1-5-6-16-31(2,3)20-24-17-23(10-13-27(24)28-19-25(35-4)12-14-29(28)32)21-36-26-9-7-8-22(18-26)11-15-30(33)34;1-4-2-3-4/h7-10,12-14,17-19H,5-6,11,15-16,20-21H2,1-4H3,(H,33,34);4H,2-3H2,1H3. The van der Waals surface area contributed by atoms with Gasteiger partial charge in [-0.1, -0.05) is 83.7 Å². The minimum atomic E-state index is -0.816. The highest BCUT2D eigenvalue weighted by Crippen LogP contribution is 2.36. The van der Waals surface area contributed by atoms with E-state index in [0.717, 1.165) is 53.9 Å². The zero-order chi connectivity index (χ0) is 29.1. The summed E-state index contributed by atoms with van der Waals surface area (Å²) in [5, 5.41) is 8.94.